The maximum absolute atomic E-state index is 13.5. The average molecular weight is 481 g/mol. The van der Waals surface area contributed by atoms with Gasteiger partial charge in [0.25, 0.3) is 0 Å². The normalized spacial score (nSPS) is 13.6. The van der Waals surface area contributed by atoms with Gasteiger partial charge in [0, 0.05) is 12.5 Å². The lowest BCUT2D eigenvalue weighted by Gasteiger charge is -2.46. The molecule has 2 aromatic rings. The number of aliphatic carboxylic acids is 1. The topological polar surface area (TPSA) is 95.9 Å². The van der Waals surface area contributed by atoms with Crippen molar-refractivity contribution in [2.75, 3.05) is 13.2 Å². The maximum Gasteiger partial charge on any atom is 0.407 e. The van der Waals surface area contributed by atoms with Gasteiger partial charge < -0.3 is 20.1 Å². The number of carbonyl (C=O) groups excluding carboxylic acids is 2. The molecule has 0 saturated heterocycles. The van der Waals surface area contributed by atoms with Crippen LogP contribution in [0.2, 0.25) is 0 Å². The summed E-state index contributed by atoms with van der Waals surface area (Å²) in [6.45, 7) is 12.0. The van der Waals surface area contributed by atoms with Crippen LogP contribution >= 0.6 is 0 Å². The van der Waals surface area contributed by atoms with Gasteiger partial charge in [-0.25, -0.2) is 9.59 Å². The standard InChI is InChI=1S/C28H36N2O5/c1-8-30(27(4,5)24(32)33)23(31)26(2,3)28(6,7)29-25(34)35-17-22-20-15-11-9-13-18(20)19-14-10-12-16-21(19)22/h9-16,22H,8,17H2,1-7H3,(H,29,34)(H,32,33). The van der Waals surface area contributed by atoms with E-state index in [9.17, 15) is 19.5 Å². The predicted octanol–water partition coefficient (Wildman–Crippen LogP) is 5.04. The fourth-order valence-electron chi connectivity index (χ4n) is 4.56. The molecule has 0 aliphatic heterocycles. The third kappa shape index (κ3) is 4.64. The number of alkyl carbamates (subject to hydrolysis) is 1. The molecule has 7 nitrogen and oxygen atoms in total. The van der Waals surface area contributed by atoms with Crippen LogP contribution in [0.1, 0.15) is 65.5 Å². The Balaban J connectivity index is 1.74. The molecule has 0 spiro atoms. The molecule has 3 rings (SSSR count). The summed E-state index contributed by atoms with van der Waals surface area (Å²) in [6, 6.07) is 16.2. The van der Waals surface area contributed by atoms with Gasteiger partial charge in [-0.2, -0.15) is 0 Å². The molecule has 2 aromatic carbocycles. The lowest BCUT2D eigenvalue weighted by atomic mass is 9.72. The Morgan fingerprint density at radius 2 is 1.40 bits per heavy atom. The minimum Gasteiger partial charge on any atom is -0.480 e. The fraction of sp³-hybridized carbons (Fsp3) is 0.464. The number of amides is 2. The lowest BCUT2D eigenvalue weighted by Crippen LogP contribution is -2.64. The van der Waals surface area contributed by atoms with Crippen LogP contribution in [-0.2, 0) is 14.3 Å². The van der Waals surface area contributed by atoms with Gasteiger partial charge in [-0.05, 0) is 70.7 Å². The third-order valence-corrected chi connectivity index (χ3v) is 7.61. The van der Waals surface area contributed by atoms with Gasteiger partial charge >= 0.3 is 12.1 Å². The molecule has 0 radical (unpaired) electrons. The molecule has 0 heterocycles. The van der Waals surface area contributed by atoms with Gasteiger partial charge in [0.15, 0.2) is 0 Å². The zero-order chi connectivity index (χ0) is 26.2. The molecule has 0 fully saturated rings. The van der Waals surface area contributed by atoms with Crippen molar-refractivity contribution in [2.24, 2.45) is 5.41 Å². The molecule has 35 heavy (non-hydrogen) atoms. The van der Waals surface area contributed by atoms with E-state index in [0.717, 1.165) is 22.3 Å². The Kier molecular flexibility index (Phi) is 7.02. The van der Waals surface area contributed by atoms with Crippen molar-refractivity contribution >= 4 is 18.0 Å². The minimum absolute atomic E-state index is 0.0714. The number of carbonyl (C=O) groups is 3. The predicted molar refractivity (Wildman–Crippen MR) is 135 cm³/mol. The summed E-state index contributed by atoms with van der Waals surface area (Å²) in [5, 5.41) is 12.5. The van der Waals surface area contributed by atoms with Crippen molar-refractivity contribution in [3.8, 4) is 11.1 Å². The van der Waals surface area contributed by atoms with Gasteiger partial charge in [-0.15, -0.1) is 0 Å². The van der Waals surface area contributed by atoms with E-state index in [0.29, 0.717) is 0 Å². The molecule has 0 atom stereocenters. The molecule has 2 N–H and O–H groups in total. The molecule has 0 unspecified atom stereocenters. The number of benzene rings is 2. The number of rotatable bonds is 8. The lowest BCUT2D eigenvalue weighted by molar-refractivity contribution is -0.162. The van der Waals surface area contributed by atoms with Crippen LogP contribution in [0.5, 0.6) is 0 Å². The second-order valence-corrected chi connectivity index (χ2v) is 10.6. The number of fused-ring (bicyclic) bond motifs is 3. The van der Waals surface area contributed by atoms with Crippen molar-refractivity contribution in [3.05, 3.63) is 59.7 Å². The molecule has 1 aliphatic rings. The van der Waals surface area contributed by atoms with E-state index >= 15 is 0 Å². The van der Waals surface area contributed by atoms with Gasteiger partial charge in [0.1, 0.15) is 12.1 Å². The molecular formula is C28H36N2O5. The van der Waals surface area contributed by atoms with Crippen LogP contribution in [0.15, 0.2) is 48.5 Å². The second-order valence-electron chi connectivity index (χ2n) is 10.6. The molecule has 1 aliphatic carbocycles. The quantitative estimate of drug-likeness (QED) is 0.552. The molecule has 188 valence electrons. The fourth-order valence-corrected chi connectivity index (χ4v) is 4.56. The maximum atomic E-state index is 13.5. The Hall–Kier alpha value is -3.35. The molecule has 2 amide bonds. The summed E-state index contributed by atoms with van der Waals surface area (Å²) in [6.07, 6.45) is -0.627. The summed E-state index contributed by atoms with van der Waals surface area (Å²) in [7, 11) is 0. The zero-order valence-corrected chi connectivity index (χ0v) is 21.6. The Morgan fingerprint density at radius 3 is 1.86 bits per heavy atom. The monoisotopic (exact) mass is 480 g/mol. The van der Waals surface area contributed by atoms with E-state index in [4.69, 9.17) is 4.74 Å². The van der Waals surface area contributed by atoms with Crippen molar-refractivity contribution in [3.63, 3.8) is 0 Å². The zero-order valence-electron chi connectivity index (χ0n) is 21.6. The van der Waals surface area contributed by atoms with Gasteiger partial charge in [0.2, 0.25) is 5.91 Å². The van der Waals surface area contributed by atoms with E-state index in [-0.39, 0.29) is 25.0 Å². The average Bonchev–Trinajstić information content (AvgIpc) is 3.11. The number of carboxylic acids is 1. The van der Waals surface area contributed by atoms with Gasteiger partial charge in [-0.3, -0.25) is 4.79 Å². The summed E-state index contributed by atoms with van der Waals surface area (Å²) in [4.78, 5) is 39.5. The number of hydrogen-bond donors (Lipinski definition) is 2. The Labute approximate surface area is 207 Å². The van der Waals surface area contributed by atoms with Crippen LogP contribution < -0.4 is 5.32 Å². The smallest absolute Gasteiger partial charge is 0.407 e. The van der Waals surface area contributed by atoms with Crippen LogP contribution in [0.3, 0.4) is 0 Å². The van der Waals surface area contributed by atoms with Crippen molar-refractivity contribution in [1.29, 1.82) is 0 Å². The highest BCUT2D eigenvalue weighted by atomic mass is 16.5. The Bertz CT molecular complexity index is 1090. The largest absolute Gasteiger partial charge is 0.480 e. The minimum atomic E-state index is -1.39. The van der Waals surface area contributed by atoms with Crippen LogP contribution in [0.25, 0.3) is 11.1 Å². The molecule has 0 saturated carbocycles. The summed E-state index contributed by atoms with van der Waals surface area (Å²) in [5.41, 5.74) is 1.00. The number of nitrogens with zero attached hydrogens (tertiary/aromatic N) is 1. The van der Waals surface area contributed by atoms with E-state index in [1.54, 1.807) is 34.6 Å². The van der Waals surface area contributed by atoms with Crippen molar-refractivity contribution in [1.82, 2.24) is 10.2 Å². The third-order valence-electron chi connectivity index (χ3n) is 7.61. The van der Waals surface area contributed by atoms with Crippen LogP contribution in [-0.4, -0.2) is 52.2 Å². The van der Waals surface area contributed by atoms with E-state index in [1.165, 1.54) is 18.7 Å². The summed E-state index contributed by atoms with van der Waals surface area (Å²) < 4.78 is 5.67. The highest BCUT2D eigenvalue weighted by molar-refractivity contribution is 5.90. The first-order valence-electron chi connectivity index (χ1n) is 11.9. The van der Waals surface area contributed by atoms with Crippen LogP contribution in [0.4, 0.5) is 4.79 Å². The molecule has 0 aromatic heterocycles. The van der Waals surface area contributed by atoms with Crippen molar-refractivity contribution < 1.29 is 24.2 Å². The highest BCUT2D eigenvalue weighted by Crippen LogP contribution is 2.44. The first-order chi connectivity index (χ1) is 16.3. The molecule has 7 heteroatoms. The second kappa shape index (κ2) is 9.36. The molecule has 0 bridgehead atoms. The van der Waals surface area contributed by atoms with Crippen LogP contribution in [0, 0.1) is 5.41 Å². The summed E-state index contributed by atoms with van der Waals surface area (Å²) in [5.74, 6) is -1.53. The van der Waals surface area contributed by atoms with E-state index < -0.39 is 28.6 Å². The molecular weight excluding hydrogens is 444 g/mol. The SMILES string of the molecule is CCN(C(=O)C(C)(C)C(C)(C)NC(=O)OCC1c2ccccc2-c2ccccc21)C(C)(C)C(=O)O. The Morgan fingerprint density at radius 1 is 0.914 bits per heavy atom. The van der Waals surface area contributed by atoms with Gasteiger partial charge in [-0.1, -0.05) is 48.5 Å². The first-order valence-corrected chi connectivity index (χ1v) is 11.9. The summed E-state index contributed by atoms with van der Waals surface area (Å²) >= 11 is 0. The number of carboxylic acid groups (broad SMARTS) is 1. The van der Waals surface area contributed by atoms with Crippen molar-refractivity contribution in [2.45, 2.75) is 65.5 Å². The highest BCUT2D eigenvalue weighted by Gasteiger charge is 2.50. The number of ether oxygens (including phenoxy) is 1. The number of likely N-dealkylation sites (N-methyl/N-ethyl adjacent to an activating group) is 1. The van der Waals surface area contributed by atoms with E-state index in [1.807, 2.05) is 24.3 Å². The number of hydrogen-bond acceptors (Lipinski definition) is 4. The van der Waals surface area contributed by atoms with Gasteiger partial charge in [0.05, 0.1) is 11.0 Å². The van der Waals surface area contributed by atoms with E-state index in [2.05, 4.69) is 29.6 Å². The number of nitrogens with one attached hydrogen (secondary N) is 1. The first kappa shape index (κ1) is 26.3.